The van der Waals surface area contributed by atoms with Gasteiger partial charge in [-0.2, -0.15) is 0 Å². The van der Waals surface area contributed by atoms with E-state index >= 15 is 0 Å². The van der Waals surface area contributed by atoms with Crippen molar-refractivity contribution < 1.29 is 4.74 Å². The number of aromatic amines is 1. The van der Waals surface area contributed by atoms with Crippen LogP contribution < -0.4 is 10.2 Å². The molecule has 148 valence electrons. The van der Waals surface area contributed by atoms with Crippen molar-refractivity contribution in [1.29, 1.82) is 0 Å². The van der Waals surface area contributed by atoms with Crippen LogP contribution in [0.1, 0.15) is 17.1 Å². The topological polar surface area (TPSA) is 72.8 Å². The van der Waals surface area contributed by atoms with E-state index < -0.39 is 0 Å². The minimum absolute atomic E-state index is 0.0537. The van der Waals surface area contributed by atoms with E-state index in [9.17, 15) is 4.79 Å². The smallest absolute Gasteiger partial charge is 0.191 e. The molecule has 6 nitrogen and oxygen atoms in total. The van der Waals surface area contributed by atoms with Gasteiger partial charge in [0.1, 0.15) is 12.4 Å². The Labute approximate surface area is 176 Å². The van der Waals surface area contributed by atoms with E-state index in [0.29, 0.717) is 28.3 Å². The highest BCUT2D eigenvalue weighted by molar-refractivity contribution is 7.98. The Balaban J connectivity index is 1.45. The minimum Gasteiger partial charge on any atom is -0.486 e. The maximum atomic E-state index is 12.3. The molecule has 0 saturated carbocycles. The van der Waals surface area contributed by atoms with E-state index in [-0.39, 0.29) is 5.43 Å². The first-order valence-electron chi connectivity index (χ1n) is 9.02. The third kappa shape index (κ3) is 4.31. The van der Waals surface area contributed by atoms with Crippen LogP contribution in [0.3, 0.4) is 0 Å². The number of hydrogen-bond donors (Lipinski definition) is 1. The molecule has 0 amide bonds. The predicted octanol–water partition coefficient (Wildman–Crippen LogP) is 4.49. The molecule has 0 unspecified atom stereocenters. The van der Waals surface area contributed by atoms with E-state index in [2.05, 4.69) is 15.2 Å². The van der Waals surface area contributed by atoms with Gasteiger partial charge in [-0.1, -0.05) is 47.1 Å². The summed E-state index contributed by atoms with van der Waals surface area (Å²) in [6.07, 6.45) is 0. The highest BCUT2D eigenvalue weighted by Gasteiger charge is 2.12. The number of aromatic nitrogens is 4. The standard InChI is InChI=1S/C21H19ClN4O2S/c1-13-6-8-15(9-7-13)28-11-19-24-25-21(26(19)2)29-12-14-10-18(27)16-4-3-5-17(22)20(16)23-14/h3-10H,11-12H2,1-2H3,(H,23,27). The number of ether oxygens (including phenoxy) is 1. The summed E-state index contributed by atoms with van der Waals surface area (Å²) in [6, 6.07) is 14.8. The first-order chi connectivity index (χ1) is 14.0. The Bertz CT molecular complexity index is 1220. The molecule has 0 fully saturated rings. The summed E-state index contributed by atoms with van der Waals surface area (Å²) < 4.78 is 7.68. The van der Waals surface area contributed by atoms with Crippen molar-refractivity contribution in [1.82, 2.24) is 19.7 Å². The maximum absolute atomic E-state index is 12.3. The van der Waals surface area contributed by atoms with Crippen LogP contribution in [-0.4, -0.2) is 19.7 Å². The Morgan fingerprint density at radius 3 is 2.76 bits per heavy atom. The zero-order valence-electron chi connectivity index (χ0n) is 16.0. The Kier molecular flexibility index (Phi) is 5.60. The summed E-state index contributed by atoms with van der Waals surface area (Å²) >= 11 is 7.71. The first-order valence-corrected chi connectivity index (χ1v) is 10.4. The fraction of sp³-hybridized carbons (Fsp3) is 0.190. The predicted molar refractivity (Wildman–Crippen MR) is 116 cm³/mol. The fourth-order valence-electron chi connectivity index (χ4n) is 2.89. The van der Waals surface area contributed by atoms with E-state index in [1.807, 2.05) is 42.8 Å². The maximum Gasteiger partial charge on any atom is 0.191 e. The van der Waals surface area contributed by atoms with Crippen LogP contribution in [0, 0.1) is 6.92 Å². The number of thioether (sulfide) groups is 1. The molecule has 0 atom stereocenters. The Morgan fingerprint density at radius 2 is 1.97 bits per heavy atom. The van der Waals surface area contributed by atoms with Gasteiger partial charge in [0.25, 0.3) is 0 Å². The highest BCUT2D eigenvalue weighted by Crippen LogP contribution is 2.23. The van der Waals surface area contributed by atoms with Crippen LogP contribution in [0.25, 0.3) is 10.9 Å². The Morgan fingerprint density at radius 1 is 1.17 bits per heavy atom. The lowest BCUT2D eigenvalue weighted by molar-refractivity contribution is 0.290. The van der Waals surface area contributed by atoms with E-state index in [4.69, 9.17) is 16.3 Å². The number of nitrogens with zero attached hydrogens (tertiary/aromatic N) is 3. The van der Waals surface area contributed by atoms with Crippen LogP contribution in [0.2, 0.25) is 5.02 Å². The van der Waals surface area contributed by atoms with Crippen molar-refractivity contribution >= 4 is 34.3 Å². The second kappa shape index (κ2) is 8.31. The largest absolute Gasteiger partial charge is 0.486 e. The zero-order chi connectivity index (χ0) is 20.4. The molecule has 0 spiro atoms. The molecule has 0 aliphatic rings. The van der Waals surface area contributed by atoms with Crippen molar-refractivity contribution in [3.05, 3.63) is 80.9 Å². The molecule has 2 heterocycles. The second-order valence-corrected chi connectivity index (χ2v) is 8.02. The molecule has 0 radical (unpaired) electrons. The number of para-hydroxylation sites is 1. The van der Waals surface area contributed by atoms with Crippen LogP contribution in [0.5, 0.6) is 5.75 Å². The molecule has 8 heteroatoms. The molecule has 0 aliphatic carbocycles. The minimum atomic E-state index is -0.0537. The fourth-order valence-corrected chi connectivity index (χ4v) is 3.95. The van der Waals surface area contributed by atoms with Crippen molar-refractivity contribution in [2.45, 2.75) is 24.4 Å². The number of H-pyrrole nitrogens is 1. The molecule has 0 saturated heterocycles. The summed E-state index contributed by atoms with van der Waals surface area (Å²) in [7, 11) is 1.90. The zero-order valence-corrected chi connectivity index (χ0v) is 17.5. The van der Waals surface area contributed by atoms with Gasteiger partial charge in [-0.3, -0.25) is 4.79 Å². The summed E-state index contributed by atoms with van der Waals surface area (Å²) in [5, 5.41) is 10.3. The van der Waals surface area contributed by atoms with Crippen molar-refractivity contribution in [3.8, 4) is 5.75 Å². The summed E-state index contributed by atoms with van der Waals surface area (Å²) in [5.74, 6) is 2.06. The normalized spacial score (nSPS) is 11.1. The van der Waals surface area contributed by atoms with Crippen LogP contribution in [-0.2, 0) is 19.4 Å². The van der Waals surface area contributed by atoms with Crippen LogP contribution in [0.4, 0.5) is 0 Å². The van der Waals surface area contributed by atoms with Crippen molar-refractivity contribution in [3.63, 3.8) is 0 Å². The number of nitrogens with one attached hydrogen (secondary N) is 1. The SMILES string of the molecule is Cc1ccc(OCc2nnc(SCc3cc(=O)c4cccc(Cl)c4[nH]3)n2C)cc1. The Hall–Kier alpha value is -2.77. The van der Waals surface area contributed by atoms with Gasteiger partial charge in [-0.05, 0) is 31.2 Å². The van der Waals surface area contributed by atoms with E-state index in [1.165, 1.54) is 17.3 Å². The average molecular weight is 427 g/mol. The van der Waals surface area contributed by atoms with Gasteiger partial charge in [0.15, 0.2) is 16.4 Å². The van der Waals surface area contributed by atoms with Gasteiger partial charge in [-0.15, -0.1) is 10.2 Å². The third-order valence-electron chi connectivity index (χ3n) is 4.54. The third-order valence-corrected chi connectivity index (χ3v) is 5.92. The number of pyridine rings is 1. The highest BCUT2D eigenvalue weighted by atomic mass is 35.5. The molecule has 2 aromatic heterocycles. The molecule has 0 bridgehead atoms. The lowest BCUT2D eigenvalue weighted by Gasteiger charge is -2.07. The lowest BCUT2D eigenvalue weighted by atomic mass is 10.2. The summed E-state index contributed by atoms with van der Waals surface area (Å²) in [6.45, 7) is 2.36. The van der Waals surface area contributed by atoms with Crippen LogP contribution in [0.15, 0.2) is 58.5 Å². The summed E-state index contributed by atoms with van der Waals surface area (Å²) in [4.78, 5) is 15.6. The molecule has 4 aromatic rings. The van der Waals surface area contributed by atoms with E-state index in [1.54, 1.807) is 24.3 Å². The van der Waals surface area contributed by atoms with Crippen molar-refractivity contribution in [2.24, 2.45) is 7.05 Å². The van der Waals surface area contributed by atoms with Gasteiger partial charge >= 0.3 is 0 Å². The van der Waals surface area contributed by atoms with Gasteiger partial charge in [0, 0.05) is 29.9 Å². The molecular weight excluding hydrogens is 408 g/mol. The van der Waals surface area contributed by atoms with Gasteiger partial charge in [0.2, 0.25) is 0 Å². The number of benzene rings is 2. The second-order valence-electron chi connectivity index (χ2n) is 6.67. The lowest BCUT2D eigenvalue weighted by Crippen LogP contribution is -2.06. The quantitative estimate of drug-likeness (QED) is 0.460. The van der Waals surface area contributed by atoms with Gasteiger partial charge in [-0.25, -0.2) is 0 Å². The molecule has 29 heavy (non-hydrogen) atoms. The van der Waals surface area contributed by atoms with Crippen molar-refractivity contribution in [2.75, 3.05) is 0 Å². The molecular formula is C21H19ClN4O2S. The van der Waals surface area contributed by atoms with Crippen LogP contribution >= 0.6 is 23.4 Å². The number of aryl methyl sites for hydroxylation is 1. The molecule has 1 N–H and O–H groups in total. The molecule has 2 aromatic carbocycles. The first kappa shape index (κ1) is 19.5. The average Bonchev–Trinajstić information content (AvgIpc) is 3.06. The number of hydrogen-bond acceptors (Lipinski definition) is 5. The number of rotatable bonds is 6. The molecule has 0 aliphatic heterocycles. The number of halogens is 1. The van der Waals surface area contributed by atoms with Gasteiger partial charge < -0.3 is 14.3 Å². The summed E-state index contributed by atoms with van der Waals surface area (Å²) in [5.41, 5.74) is 2.56. The monoisotopic (exact) mass is 426 g/mol. The number of fused-ring (bicyclic) bond motifs is 1. The van der Waals surface area contributed by atoms with Gasteiger partial charge in [0.05, 0.1) is 10.5 Å². The van der Waals surface area contributed by atoms with E-state index in [0.717, 1.165) is 22.4 Å². The molecule has 4 rings (SSSR count).